The predicted molar refractivity (Wildman–Crippen MR) is 68.1 cm³/mol. The van der Waals surface area contributed by atoms with Gasteiger partial charge in [-0.1, -0.05) is 6.92 Å². The molecule has 0 spiro atoms. The summed E-state index contributed by atoms with van der Waals surface area (Å²) < 4.78 is 0. The number of carboxylic acid groups (broad SMARTS) is 1. The number of aliphatic carboxylic acids is 1. The molecule has 1 aliphatic rings. The van der Waals surface area contributed by atoms with E-state index in [2.05, 4.69) is 23.8 Å². The van der Waals surface area contributed by atoms with Gasteiger partial charge in [-0.15, -0.1) is 0 Å². The van der Waals surface area contributed by atoms with Crippen LogP contribution >= 0.6 is 11.8 Å². The van der Waals surface area contributed by atoms with Crippen molar-refractivity contribution in [2.75, 3.05) is 44.7 Å². The summed E-state index contributed by atoms with van der Waals surface area (Å²) in [5.41, 5.74) is 0. The lowest BCUT2D eigenvalue weighted by molar-refractivity contribution is -0.144. The third kappa shape index (κ3) is 4.31. The second kappa shape index (κ2) is 7.14. The Bertz CT molecular complexity index is 218. The van der Waals surface area contributed by atoms with Gasteiger partial charge in [0.15, 0.2) is 0 Å². The Morgan fingerprint density at radius 2 is 2.00 bits per heavy atom. The van der Waals surface area contributed by atoms with E-state index < -0.39 is 5.97 Å². The predicted octanol–water partition coefficient (Wildman–Crippen LogP) is 0.830. The molecule has 1 fully saturated rings. The van der Waals surface area contributed by atoms with Crippen molar-refractivity contribution < 1.29 is 9.90 Å². The molecule has 16 heavy (non-hydrogen) atoms. The van der Waals surface area contributed by atoms with Gasteiger partial charge >= 0.3 is 5.97 Å². The molecule has 4 nitrogen and oxygen atoms in total. The van der Waals surface area contributed by atoms with Crippen molar-refractivity contribution in [1.29, 1.82) is 0 Å². The summed E-state index contributed by atoms with van der Waals surface area (Å²) in [4.78, 5) is 15.6. The first kappa shape index (κ1) is 13.8. The molecule has 1 unspecified atom stereocenters. The van der Waals surface area contributed by atoms with Crippen LogP contribution < -0.4 is 0 Å². The number of rotatable bonds is 6. The van der Waals surface area contributed by atoms with Gasteiger partial charge in [0, 0.05) is 26.2 Å². The van der Waals surface area contributed by atoms with E-state index in [1.807, 2.05) is 11.8 Å². The Morgan fingerprint density at radius 3 is 2.50 bits per heavy atom. The molecule has 1 N–H and O–H groups in total. The molecule has 0 aromatic rings. The monoisotopic (exact) mass is 246 g/mol. The lowest BCUT2D eigenvalue weighted by Crippen LogP contribution is -2.51. The van der Waals surface area contributed by atoms with E-state index in [4.69, 9.17) is 0 Å². The topological polar surface area (TPSA) is 43.8 Å². The standard InChI is InChI=1S/C11H22N2O2S/c1-3-16-9-4-10(11(14)15)13-7-5-12(2)6-8-13/h10H,3-9H2,1-2H3,(H,14,15). The number of carbonyl (C=O) groups is 1. The minimum atomic E-state index is -0.666. The summed E-state index contributed by atoms with van der Waals surface area (Å²) in [6, 6.07) is -0.284. The number of thioether (sulfide) groups is 1. The molecule has 0 radical (unpaired) electrons. The molecule has 0 aromatic heterocycles. The summed E-state index contributed by atoms with van der Waals surface area (Å²) in [7, 11) is 2.08. The fraction of sp³-hybridized carbons (Fsp3) is 0.909. The number of carboxylic acids is 1. The number of piperazine rings is 1. The van der Waals surface area contributed by atoms with E-state index in [-0.39, 0.29) is 6.04 Å². The van der Waals surface area contributed by atoms with Crippen LogP contribution in [0.25, 0.3) is 0 Å². The molecule has 0 bridgehead atoms. The van der Waals surface area contributed by atoms with Gasteiger partial charge in [-0.2, -0.15) is 11.8 Å². The van der Waals surface area contributed by atoms with Gasteiger partial charge in [0.25, 0.3) is 0 Å². The largest absolute Gasteiger partial charge is 0.480 e. The zero-order chi connectivity index (χ0) is 12.0. The van der Waals surface area contributed by atoms with Crippen LogP contribution in [0.5, 0.6) is 0 Å². The van der Waals surface area contributed by atoms with Gasteiger partial charge in [0.2, 0.25) is 0 Å². The minimum absolute atomic E-state index is 0.284. The minimum Gasteiger partial charge on any atom is -0.480 e. The highest BCUT2D eigenvalue weighted by atomic mass is 32.2. The maximum atomic E-state index is 11.2. The van der Waals surface area contributed by atoms with Crippen LogP contribution in [0.2, 0.25) is 0 Å². The van der Waals surface area contributed by atoms with Crippen LogP contribution in [-0.2, 0) is 4.79 Å². The van der Waals surface area contributed by atoms with E-state index >= 15 is 0 Å². The molecule has 1 atom stereocenters. The highest BCUT2D eigenvalue weighted by Gasteiger charge is 2.27. The maximum Gasteiger partial charge on any atom is 0.320 e. The number of nitrogens with zero attached hydrogens (tertiary/aromatic N) is 2. The normalized spacial score (nSPS) is 20.9. The molecule has 1 saturated heterocycles. The van der Waals surface area contributed by atoms with E-state index in [9.17, 15) is 9.90 Å². The average Bonchev–Trinajstić information content (AvgIpc) is 2.26. The van der Waals surface area contributed by atoms with Crippen molar-refractivity contribution in [3.05, 3.63) is 0 Å². The highest BCUT2D eigenvalue weighted by Crippen LogP contribution is 2.12. The third-order valence-electron chi connectivity index (χ3n) is 3.00. The molecule has 5 heteroatoms. The highest BCUT2D eigenvalue weighted by molar-refractivity contribution is 7.99. The Balaban J connectivity index is 2.40. The zero-order valence-corrected chi connectivity index (χ0v) is 11.0. The van der Waals surface area contributed by atoms with Crippen molar-refractivity contribution in [2.24, 2.45) is 0 Å². The molecule has 1 rings (SSSR count). The SMILES string of the molecule is CCSCCC(C(=O)O)N1CCN(C)CC1. The first-order chi connectivity index (χ1) is 7.65. The van der Waals surface area contributed by atoms with Gasteiger partial charge in [-0.3, -0.25) is 9.69 Å². The van der Waals surface area contributed by atoms with Gasteiger partial charge in [-0.25, -0.2) is 0 Å². The lowest BCUT2D eigenvalue weighted by atomic mass is 10.1. The lowest BCUT2D eigenvalue weighted by Gasteiger charge is -2.36. The smallest absolute Gasteiger partial charge is 0.320 e. The summed E-state index contributed by atoms with van der Waals surface area (Å²) in [5, 5.41) is 9.23. The van der Waals surface area contributed by atoms with Crippen molar-refractivity contribution in [3.63, 3.8) is 0 Å². The molecular formula is C11H22N2O2S. The van der Waals surface area contributed by atoms with Crippen molar-refractivity contribution >= 4 is 17.7 Å². The average molecular weight is 246 g/mol. The fourth-order valence-corrected chi connectivity index (χ4v) is 2.61. The van der Waals surface area contributed by atoms with E-state index in [1.165, 1.54) is 0 Å². The molecular weight excluding hydrogens is 224 g/mol. The van der Waals surface area contributed by atoms with Gasteiger partial charge in [0.05, 0.1) is 0 Å². The van der Waals surface area contributed by atoms with E-state index in [1.54, 1.807) is 0 Å². The van der Waals surface area contributed by atoms with Crippen LogP contribution in [-0.4, -0.2) is 71.6 Å². The number of hydrogen-bond donors (Lipinski definition) is 1. The summed E-state index contributed by atoms with van der Waals surface area (Å²) in [6.45, 7) is 5.82. The Labute approximate surface area is 102 Å². The summed E-state index contributed by atoms with van der Waals surface area (Å²) in [5.74, 6) is 1.34. The first-order valence-electron chi connectivity index (χ1n) is 5.88. The molecule has 0 aromatic carbocycles. The maximum absolute atomic E-state index is 11.2. The van der Waals surface area contributed by atoms with Crippen LogP contribution in [0.1, 0.15) is 13.3 Å². The first-order valence-corrected chi connectivity index (χ1v) is 7.03. The van der Waals surface area contributed by atoms with Crippen LogP contribution in [0.15, 0.2) is 0 Å². The molecule has 0 aliphatic carbocycles. The van der Waals surface area contributed by atoms with Gasteiger partial charge < -0.3 is 10.0 Å². The third-order valence-corrected chi connectivity index (χ3v) is 3.94. The second-order valence-electron chi connectivity index (χ2n) is 4.18. The van der Waals surface area contributed by atoms with Gasteiger partial charge in [0.1, 0.15) is 6.04 Å². The van der Waals surface area contributed by atoms with Crippen LogP contribution in [0.3, 0.4) is 0 Å². The van der Waals surface area contributed by atoms with Crippen molar-refractivity contribution in [2.45, 2.75) is 19.4 Å². The molecule has 0 saturated carbocycles. The molecule has 1 aliphatic heterocycles. The zero-order valence-electron chi connectivity index (χ0n) is 10.2. The Hall–Kier alpha value is -0.260. The van der Waals surface area contributed by atoms with E-state index in [0.29, 0.717) is 0 Å². The van der Waals surface area contributed by atoms with Crippen LogP contribution in [0, 0.1) is 0 Å². The van der Waals surface area contributed by atoms with Crippen LogP contribution in [0.4, 0.5) is 0 Å². The Kier molecular flexibility index (Phi) is 6.16. The molecule has 0 amide bonds. The second-order valence-corrected chi connectivity index (χ2v) is 5.57. The van der Waals surface area contributed by atoms with Gasteiger partial charge in [-0.05, 0) is 25.0 Å². The van der Waals surface area contributed by atoms with Crippen molar-refractivity contribution in [1.82, 2.24) is 9.80 Å². The quantitative estimate of drug-likeness (QED) is 0.703. The Morgan fingerprint density at radius 1 is 1.38 bits per heavy atom. The summed E-state index contributed by atoms with van der Waals surface area (Å²) >= 11 is 1.82. The molecule has 1 heterocycles. The fourth-order valence-electron chi connectivity index (χ4n) is 1.94. The summed E-state index contributed by atoms with van der Waals surface area (Å²) in [6.07, 6.45) is 0.761. The van der Waals surface area contributed by atoms with E-state index in [0.717, 1.165) is 44.1 Å². The molecule has 94 valence electrons. The number of likely N-dealkylation sites (N-methyl/N-ethyl adjacent to an activating group) is 1. The number of hydrogen-bond acceptors (Lipinski definition) is 4. The van der Waals surface area contributed by atoms with Crippen molar-refractivity contribution in [3.8, 4) is 0 Å².